The molecule has 0 spiro atoms. The molecule has 1 saturated heterocycles. The highest BCUT2D eigenvalue weighted by atomic mass is 16.5. The SMILES string of the molecule is CN(C)c1nc(N2CCOCC2)ncc1NC(=O)c1ccc(=O)n(C)n1. The second kappa shape index (κ2) is 7.48. The number of rotatable bonds is 4. The van der Waals surface area contributed by atoms with Crippen molar-refractivity contribution in [1.82, 2.24) is 19.7 Å². The Balaban J connectivity index is 1.85. The van der Waals surface area contributed by atoms with Gasteiger partial charge in [0.25, 0.3) is 11.5 Å². The number of aryl methyl sites for hydroxylation is 1. The summed E-state index contributed by atoms with van der Waals surface area (Å²) in [5.74, 6) is 0.737. The summed E-state index contributed by atoms with van der Waals surface area (Å²) in [4.78, 5) is 36.6. The highest BCUT2D eigenvalue weighted by Crippen LogP contribution is 2.24. The van der Waals surface area contributed by atoms with Crippen molar-refractivity contribution in [3.05, 3.63) is 34.4 Å². The Labute approximate surface area is 150 Å². The van der Waals surface area contributed by atoms with Crippen LogP contribution in [-0.2, 0) is 11.8 Å². The van der Waals surface area contributed by atoms with Crippen LogP contribution in [0.25, 0.3) is 0 Å². The van der Waals surface area contributed by atoms with E-state index in [4.69, 9.17) is 4.74 Å². The van der Waals surface area contributed by atoms with Crippen LogP contribution in [0.3, 0.4) is 0 Å². The minimum atomic E-state index is -0.438. The number of anilines is 3. The summed E-state index contributed by atoms with van der Waals surface area (Å²) in [6.07, 6.45) is 1.58. The first-order chi connectivity index (χ1) is 12.5. The molecule has 10 heteroatoms. The number of hydrogen-bond acceptors (Lipinski definition) is 8. The van der Waals surface area contributed by atoms with E-state index in [1.165, 1.54) is 19.2 Å². The molecule has 0 aliphatic carbocycles. The highest BCUT2D eigenvalue weighted by Gasteiger charge is 2.19. The molecule has 3 heterocycles. The first kappa shape index (κ1) is 17.8. The van der Waals surface area contributed by atoms with E-state index in [0.29, 0.717) is 30.7 Å². The smallest absolute Gasteiger partial charge is 0.276 e. The van der Waals surface area contributed by atoms with Crippen LogP contribution in [0.1, 0.15) is 10.5 Å². The van der Waals surface area contributed by atoms with Crippen LogP contribution in [0.15, 0.2) is 23.1 Å². The van der Waals surface area contributed by atoms with Gasteiger partial charge in [-0.1, -0.05) is 0 Å². The maximum atomic E-state index is 12.4. The van der Waals surface area contributed by atoms with Gasteiger partial charge in [0.15, 0.2) is 5.82 Å². The van der Waals surface area contributed by atoms with Gasteiger partial charge in [-0.25, -0.2) is 9.67 Å². The Kier molecular flexibility index (Phi) is 5.12. The average Bonchev–Trinajstić information content (AvgIpc) is 2.64. The Morgan fingerprint density at radius 1 is 1.27 bits per heavy atom. The third kappa shape index (κ3) is 3.80. The zero-order valence-electron chi connectivity index (χ0n) is 15.0. The standard InChI is InChI=1S/C16H21N7O3/c1-21(2)14-12(10-17-16(19-14)23-6-8-26-9-7-23)18-15(25)11-4-5-13(24)22(3)20-11/h4-5,10H,6-9H2,1-3H3,(H,18,25). The Morgan fingerprint density at radius 3 is 2.65 bits per heavy atom. The number of carbonyl (C=O) groups is 1. The van der Waals surface area contributed by atoms with Gasteiger partial charge in [0.1, 0.15) is 11.4 Å². The normalized spacial score (nSPS) is 14.2. The Hall–Kier alpha value is -3.01. The van der Waals surface area contributed by atoms with Gasteiger partial charge < -0.3 is 19.9 Å². The lowest BCUT2D eigenvalue weighted by molar-refractivity contribution is 0.102. The molecule has 3 rings (SSSR count). The molecule has 0 aromatic carbocycles. The molecule has 26 heavy (non-hydrogen) atoms. The van der Waals surface area contributed by atoms with Crippen molar-refractivity contribution < 1.29 is 9.53 Å². The quantitative estimate of drug-likeness (QED) is 0.795. The molecule has 0 unspecified atom stereocenters. The second-order valence-corrected chi connectivity index (χ2v) is 6.04. The van der Waals surface area contributed by atoms with Gasteiger partial charge in [0.2, 0.25) is 5.95 Å². The topological polar surface area (TPSA) is 105 Å². The number of carbonyl (C=O) groups excluding carboxylic acids is 1. The van der Waals surface area contributed by atoms with Crippen LogP contribution in [0.5, 0.6) is 0 Å². The number of amides is 1. The van der Waals surface area contributed by atoms with E-state index in [0.717, 1.165) is 17.8 Å². The number of aromatic nitrogens is 4. The summed E-state index contributed by atoms with van der Waals surface area (Å²) in [6, 6.07) is 2.68. The lowest BCUT2D eigenvalue weighted by Gasteiger charge is -2.28. The summed E-state index contributed by atoms with van der Waals surface area (Å²) in [7, 11) is 5.17. The minimum Gasteiger partial charge on any atom is -0.378 e. The zero-order valence-corrected chi connectivity index (χ0v) is 15.0. The zero-order chi connectivity index (χ0) is 18.7. The molecule has 1 aliphatic heterocycles. The van der Waals surface area contributed by atoms with Gasteiger partial charge in [-0.05, 0) is 6.07 Å². The van der Waals surface area contributed by atoms with E-state index in [1.807, 2.05) is 19.0 Å². The number of morpholine rings is 1. The molecule has 2 aromatic rings. The second-order valence-electron chi connectivity index (χ2n) is 6.04. The lowest BCUT2D eigenvalue weighted by Crippen LogP contribution is -2.37. The van der Waals surface area contributed by atoms with Crippen LogP contribution < -0.4 is 20.7 Å². The molecule has 0 bridgehead atoms. The molecule has 138 valence electrons. The summed E-state index contributed by atoms with van der Waals surface area (Å²) in [5.41, 5.74) is 0.315. The molecule has 1 N–H and O–H groups in total. The fourth-order valence-electron chi connectivity index (χ4n) is 2.52. The van der Waals surface area contributed by atoms with Crippen LogP contribution in [0.4, 0.5) is 17.5 Å². The summed E-state index contributed by atoms with van der Waals surface area (Å²) < 4.78 is 6.46. The largest absolute Gasteiger partial charge is 0.378 e. The monoisotopic (exact) mass is 359 g/mol. The molecular weight excluding hydrogens is 338 g/mol. The van der Waals surface area contributed by atoms with Crippen molar-refractivity contribution in [3.63, 3.8) is 0 Å². The fourth-order valence-corrected chi connectivity index (χ4v) is 2.52. The first-order valence-electron chi connectivity index (χ1n) is 8.18. The van der Waals surface area contributed by atoms with E-state index in [9.17, 15) is 9.59 Å². The fraction of sp³-hybridized carbons (Fsp3) is 0.438. The Bertz CT molecular complexity index is 859. The highest BCUT2D eigenvalue weighted by molar-refractivity contribution is 6.04. The van der Waals surface area contributed by atoms with Gasteiger partial charge >= 0.3 is 0 Å². The molecule has 1 aliphatic rings. The molecule has 0 atom stereocenters. The van der Waals surface area contributed by atoms with Gasteiger partial charge in [-0.15, -0.1) is 0 Å². The van der Waals surface area contributed by atoms with Gasteiger partial charge in [-0.2, -0.15) is 10.1 Å². The summed E-state index contributed by atoms with van der Waals surface area (Å²) in [6.45, 7) is 2.72. The molecule has 1 amide bonds. The molecule has 0 radical (unpaired) electrons. The lowest BCUT2D eigenvalue weighted by atomic mass is 10.3. The van der Waals surface area contributed by atoms with Crippen molar-refractivity contribution in [1.29, 1.82) is 0 Å². The predicted octanol–water partition coefficient (Wildman–Crippen LogP) is -0.275. The number of nitrogens with one attached hydrogen (secondary N) is 1. The van der Waals surface area contributed by atoms with E-state index >= 15 is 0 Å². The molecule has 10 nitrogen and oxygen atoms in total. The van der Waals surface area contributed by atoms with E-state index < -0.39 is 5.91 Å². The van der Waals surface area contributed by atoms with Crippen LogP contribution >= 0.6 is 0 Å². The summed E-state index contributed by atoms with van der Waals surface area (Å²) in [5, 5.41) is 6.71. The summed E-state index contributed by atoms with van der Waals surface area (Å²) >= 11 is 0. The van der Waals surface area contributed by atoms with Crippen molar-refractivity contribution in [2.45, 2.75) is 0 Å². The van der Waals surface area contributed by atoms with Crippen molar-refractivity contribution in [3.8, 4) is 0 Å². The van der Waals surface area contributed by atoms with Gasteiger partial charge in [-0.3, -0.25) is 9.59 Å². The average molecular weight is 359 g/mol. The molecule has 1 fully saturated rings. The Morgan fingerprint density at radius 2 is 2.00 bits per heavy atom. The van der Waals surface area contributed by atoms with Crippen LogP contribution in [0.2, 0.25) is 0 Å². The first-order valence-corrected chi connectivity index (χ1v) is 8.18. The van der Waals surface area contributed by atoms with Crippen molar-refractivity contribution in [2.75, 3.05) is 55.5 Å². The van der Waals surface area contributed by atoms with E-state index in [1.54, 1.807) is 11.1 Å². The maximum absolute atomic E-state index is 12.4. The van der Waals surface area contributed by atoms with Crippen LogP contribution in [0, 0.1) is 0 Å². The number of hydrogen-bond donors (Lipinski definition) is 1. The van der Waals surface area contributed by atoms with Crippen molar-refractivity contribution >= 4 is 23.4 Å². The molecule has 2 aromatic heterocycles. The third-order valence-electron chi connectivity index (χ3n) is 3.91. The van der Waals surface area contributed by atoms with Crippen molar-refractivity contribution in [2.24, 2.45) is 7.05 Å². The maximum Gasteiger partial charge on any atom is 0.276 e. The van der Waals surface area contributed by atoms with E-state index in [-0.39, 0.29) is 11.3 Å². The van der Waals surface area contributed by atoms with Gasteiger partial charge in [0.05, 0.1) is 19.4 Å². The third-order valence-corrected chi connectivity index (χ3v) is 3.91. The van der Waals surface area contributed by atoms with E-state index in [2.05, 4.69) is 20.4 Å². The predicted molar refractivity (Wildman–Crippen MR) is 96.8 cm³/mol. The van der Waals surface area contributed by atoms with Crippen LogP contribution in [-0.4, -0.2) is 66.1 Å². The van der Waals surface area contributed by atoms with Gasteiger partial charge in [0, 0.05) is 40.3 Å². The molecular formula is C16H21N7O3. The molecule has 0 saturated carbocycles. The number of ether oxygens (including phenoxy) is 1. The number of nitrogens with zero attached hydrogens (tertiary/aromatic N) is 6. The minimum absolute atomic E-state index is 0.133.